The number of hydrogen-bond donors (Lipinski definition) is 3. The number of nitrogens with zero attached hydrogens (tertiary/aromatic N) is 2. The standard InChI is InChI=1S/C21H22F5NO2.C14H19F2NO2.C8H7BrF2O.C7H7F.C6H13NO.ClH/c1-20(29-17-5-2-4-15(12-17)21(24,25)26)8-3-9-27(14-20)10-11-28-19-13-16(22)6-7-18(19)23;1-14(18)5-2-6-17(10-14)7-8-19-13-9-11(15)3-4-12(13)16;9-3-4-12-8-5-6(10)1-2-7(8)11;1-6-3-2-4-7(8)5-6;1-6(8)3-2-4-7-5-6;/h2,4-7,12-13H,3,8-11,14H2,1H3;3-4,9,18H,2,5-8,10H2,1H3;1-2,5H,3-4H2;2-5H,1H3;7-8H,2-5H2,1H3;1H. The van der Waals surface area contributed by atoms with Crippen LogP contribution in [0.3, 0.4) is 0 Å². The van der Waals surface area contributed by atoms with E-state index in [4.69, 9.17) is 18.9 Å². The Morgan fingerprint density at radius 1 is 0.584 bits per heavy atom. The first-order chi connectivity index (χ1) is 35.8. The number of halogens is 12. The van der Waals surface area contributed by atoms with Crippen molar-refractivity contribution in [3.05, 3.63) is 155 Å². The molecule has 5 aromatic carbocycles. The monoisotopic (exact) mass is 1180 g/mol. The van der Waals surface area contributed by atoms with Gasteiger partial charge in [0, 0.05) is 56.3 Å². The fourth-order valence-electron chi connectivity index (χ4n) is 8.24. The minimum atomic E-state index is -4.43. The van der Waals surface area contributed by atoms with Crippen molar-refractivity contribution in [2.45, 2.75) is 89.2 Å². The van der Waals surface area contributed by atoms with Crippen LogP contribution in [0, 0.1) is 47.6 Å². The molecule has 0 radical (unpaired) electrons. The molecule has 3 aliphatic rings. The van der Waals surface area contributed by atoms with E-state index in [0.29, 0.717) is 44.5 Å². The second-order valence-electron chi connectivity index (χ2n) is 19.4. The van der Waals surface area contributed by atoms with Crippen LogP contribution in [0.4, 0.5) is 43.9 Å². The van der Waals surface area contributed by atoms with Crippen molar-refractivity contribution in [1.29, 1.82) is 0 Å². The van der Waals surface area contributed by atoms with Gasteiger partial charge in [-0.3, -0.25) is 9.80 Å². The number of aryl methyl sites for hydroxylation is 1. The van der Waals surface area contributed by atoms with E-state index in [9.17, 15) is 54.1 Å². The number of piperidine rings is 3. The molecule has 0 aromatic heterocycles. The maximum atomic E-state index is 13.6. The number of β-amino-alcohol motifs (C(OH)–C–C–N with tert-alkyl or cyclic N) is 2. The molecule has 3 heterocycles. The van der Waals surface area contributed by atoms with E-state index in [-0.39, 0.29) is 54.4 Å². The first-order valence-electron chi connectivity index (χ1n) is 24.8. The van der Waals surface area contributed by atoms with Crippen LogP contribution in [0.5, 0.6) is 23.0 Å². The van der Waals surface area contributed by atoms with E-state index in [2.05, 4.69) is 26.1 Å². The summed E-state index contributed by atoms with van der Waals surface area (Å²) in [6, 6.07) is 20.6. The molecular weight excluding hydrogens is 1120 g/mol. The molecule has 0 bridgehead atoms. The van der Waals surface area contributed by atoms with Crippen LogP contribution in [-0.4, -0.2) is 114 Å². The number of aliphatic hydroxyl groups is 2. The Balaban J connectivity index is 0.000000278. The van der Waals surface area contributed by atoms with Crippen molar-refractivity contribution < 1.29 is 73.1 Å². The van der Waals surface area contributed by atoms with Crippen LogP contribution in [-0.2, 0) is 6.18 Å². The van der Waals surface area contributed by atoms with Gasteiger partial charge in [0.05, 0.1) is 23.4 Å². The smallest absolute Gasteiger partial charge is 0.416 e. The third-order valence-electron chi connectivity index (χ3n) is 11.9. The summed E-state index contributed by atoms with van der Waals surface area (Å²) >= 11 is 3.11. The summed E-state index contributed by atoms with van der Waals surface area (Å²) < 4.78 is 151. The normalized spacial score (nSPS) is 20.4. The van der Waals surface area contributed by atoms with E-state index >= 15 is 0 Å². The Morgan fingerprint density at radius 2 is 1.06 bits per heavy atom. The minimum Gasteiger partial charge on any atom is -0.490 e. The lowest BCUT2D eigenvalue weighted by Crippen LogP contribution is -2.50. The molecule has 3 aliphatic heterocycles. The van der Waals surface area contributed by atoms with Gasteiger partial charge in [-0.25, -0.2) is 30.7 Å². The number of nitrogens with one attached hydrogen (secondary N) is 1. The Morgan fingerprint density at radius 3 is 1.49 bits per heavy atom. The van der Waals surface area contributed by atoms with Crippen molar-refractivity contribution >= 4 is 28.3 Å². The molecule has 77 heavy (non-hydrogen) atoms. The van der Waals surface area contributed by atoms with Gasteiger partial charge in [-0.1, -0.05) is 34.1 Å². The van der Waals surface area contributed by atoms with Crippen molar-refractivity contribution in [2.24, 2.45) is 0 Å². The average Bonchev–Trinajstić information content (AvgIpc) is 3.34. The van der Waals surface area contributed by atoms with E-state index in [1.165, 1.54) is 24.3 Å². The van der Waals surface area contributed by atoms with Crippen LogP contribution in [0.2, 0.25) is 0 Å². The van der Waals surface area contributed by atoms with Gasteiger partial charge < -0.3 is 34.5 Å². The predicted octanol–water partition coefficient (Wildman–Crippen LogP) is 12.9. The summed E-state index contributed by atoms with van der Waals surface area (Å²) in [6.07, 6.45) is 0.836. The van der Waals surface area contributed by atoms with Gasteiger partial charge in [-0.15, -0.1) is 12.4 Å². The average molecular weight is 1190 g/mol. The number of ether oxygens (including phenoxy) is 4. The van der Waals surface area contributed by atoms with Gasteiger partial charge in [0.25, 0.3) is 0 Å². The Kier molecular flexibility index (Phi) is 27.9. The third kappa shape index (κ3) is 25.7. The fourth-order valence-corrected chi connectivity index (χ4v) is 8.41. The van der Waals surface area contributed by atoms with E-state index < -0.39 is 63.4 Å². The van der Waals surface area contributed by atoms with Gasteiger partial charge >= 0.3 is 6.18 Å². The highest BCUT2D eigenvalue weighted by molar-refractivity contribution is 9.09. The van der Waals surface area contributed by atoms with E-state index in [0.717, 1.165) is 131 Å². The predicted molar refractivity (Wildman–Crippen MR) is 283 cm³/mol. The lowest BCUT2D eigenvalue weighted by molar-refractivity contribution is -0.137. The minimum absolute atomic E-state index is 0. The van der Waals surface area contributed by atoms with Crippen LogP contribution in [0.15, 0.2) is 103 Å². The van der Waals surface area contributed by atoms with Crippen molar-refractivity contribution in [1.82, 2.24) is 15.1 Å². The first kappa shape index (κ1) is 66.4. The molecule has 428 valence electrons. The zero-order chi connectivity index (χ0) is 55.9. The number of benzene rings is 5. The van der Waals surface area contributed by atoms with Crippen molar-refractivity contribution in [3.8, 4) is 23.0 Å². The van der Waals surface area contributed by atoms with Gasteiger partial charge in [0.15, 0.2) is 34.7 Å². The number of rotatable bonds is 13. The van der Waals surface area contributed by atoms with Gasteiger partial charge in [-0.2, -0.15) is 13.2 Å². The fraction of sp³-hybridized carbons (Fsp3) is 0.464. The highest BCUT2D eigenvalue weighted by Crippen LogP contribution is 2.34. The van der Waals surface area contributed by atoms with Crippen LogP contribution < -0.4 is 24.3 Å². The molecule has 3 N–H and O–H groups in total. The third-order valence-corrected chi connectivity index (χ3v) is 12.2. The molecular formula is C56H69BrClF10N3O6. The molecule has 0 spiro atoms. The summed E-state index contributed by atoms with van der Waals surface area (Å²) in [5, 5.41) is 23.0. The Bertz CT molecular complexity index is 2510. The number of alkyl halides is 4. The topological polar surface area (TPSA) is 95.9 Å². The van der Waals surface area contributed by atoms with Crippen LogP contribution in [0.1, 0.15) is 70.4 Å². The lowest BCUT2D eigenvalue weighted by atomic mass is 9.94. The van der Waals surface area contributed by atoms with Crippen molar-refractivity contribution in [3.63, 3.8) is 0 Å². The molecule has 21 heteroatoms. The van der Waals surface area contributed by atoms with Crippen molar-refractivity contribution in [2.75, 3.05) is 77.5 Å². The van der Waals surface area contributed by atoms with E-state index in [1.807, 2.05) is 38.7 Å². The molecule has 9 nitrogen and oxygen atoms in total. The van der Waals surface area contributed by atoms with Crippen LogP contribution >= 0.6 is 28.3 Å². The molecule has 0 amide bonds. The second-order valence-corrected chi connectivity index (χ2v) is 20.2. The molecule has 0 aliphatic carbocycles. The maximum absolute atomic E-state index is 13.6. The highest BCUT2D eigenvalue weighted by Gasteiger charge is 2.35. The molecule has 0 saturated carbocycles. The van der Waals surface area contributed by atoms with Gasteiger partial charge in [0.2, 0.25) is 0 Å². The molecule has 3 saturated heterocycles. The number of likely N-dealkylation sites (tertiary alicyclic amines) is 2. The summed E-state index contributed by atoms with van der Waals surface area (Å²) in [7, 11) is 0. The zero-order valence-electron chi connectivity index (χ0n) is 43.5. The summed E-state index contributed by atoms with van der Waals surface area (Å²) in [5.41, 5.74) is -1.55. The molecule has 3 atom stereocenters. The largest absolute Gasteiger partial charge is 0.490 e. The molecule has 5 aromatic rings. The van der Waals surface area contributed by atoms with Gasteiger partial charge in [-0.05, 0) is 158 Å². The van der Waals surface area contributed by atoms with Gasteiger partial charge in [0.1, 0.15) is 47.8 Å². The Hall–Kier alpha value is -4.83. The Labute approximate surface area is 459 Å². The van der Waals surface area contributed by atoms with Crippen LogP contribution in [0.25, 0.3) is 0 Å². The summed E-state index contributed by atoms with van der Waals surface area (Å²) in [6.45, 7) is 13.7. The lowest BCUT2D eigenvalue weighted by Gasteiger charge is -2.40. The summed E-state index contributed by atoms with van der Waals surface area (Å²) in [5.74, 6) is -3.60. The molecule has 3 fully saturated rings. The maximum Gasteiger partial charge on any atom is 0.416 e. The number of hydrogen-bond acceptors (Lipinski definition) is 9. The molecule has 3 unspecified atom stereocenters. The quantitative estimate of drug-likeness (QED) is 0.0787. The highest BCUT2D eigenvalue weighted by atomic mass is 79.9. The summed E-state index contributed by atoms with van der Waals surface area (Å²) in [4.78, 5) is 4.11. The second kappa shape index (κ2) is 32.3. The van der Waals surface area contributed by atoms with E-state index in [1.54, 1.807) is 6.07 Å². The zero-order valence-corrected chi connectivity index (χ0v) is 45.9. The first-order valence-corrected chi connectivity index (χ1v) is 25.9. The SMILES string of the molecule is CC1(O)CCCN(CCOc2cc(F)ccc2F)C1.CC1(O)CCCNC1.CC1(Oc2cccc(C(F)(F)F)c2)CCCN(CCOc2cc(F)ccc2F)C1.Cc1cccc(F)c1.Cl.Fc1ccc(F)c(OCCBr)c1. The molecule has 8 rings (SSSR count).